The molecule has 0 saturated carbocycles. The second-order valence-corrected chi connectivity index (χ2v) is 10.2. The van der Waals surface area contributed by atoms with Crippen molar-refractivity contribution in [3.63, 3.8) is 0 Å². The molecule has 0 aliphatic carbocycles. The highest BCUT2D eigenvalue weighted by molar-refractivity contribution is 7.17. The summed E-state index contributed by atoms with van der Waals surface area (Å²) < 4.78 is 10.9. The zero-order valence-corrected chi connectivity index (χ0v) is 21.9. The number of anilines is 1. The average molecular weight is 539 g/mol. The normalized spacial score (nSPS) is 20.2. The molecule has 1 amide bonds. The van der Waals surface area contributed by atoms with Gasteiger partial charge in [0, 0.05) is 17.0 Å². The van der Waals surface area contributed by atoms with Crippen LogP contribution in [0.15, 0.2) is 48.0 Å². The molecule has 0 bridgehead atoms. The number of carbonyl (C=O) groups is 3. The van der Waals surface area contributed by atoms with Gasteiger partial charge >= 0.3 is 11.9 Å². The van der Waals surface area contributed by atoms with Gasteiger partial charge in [-0.2, -0.15) is 0 Å². The Hall–Kier alpha value is -3.69. The number of aliphatic hydroxyl groups excluding tert-OH is 1. The first kappa shape index (κ1) is 25.0. The van der Waals surface area contributed by atoms with Gasteiger partial charge in [-0.15, -0.1) is 0 Å². The summed E-state index contributed by atoms with van der Waals surface area (Å²) in [6.07, 6.45) is 0.670. The van der Waals surface area contributed by atoms with E-state index < -0.39 is 23.7 Å². The van der Waals surface area contributed by atoms with Gasteiger partial charge in [-0.05, 0) is 62.2 Å². The van der Waals surface area contributed by atoms with Crippen LogP contribution in [0.25, 0.3) is 5.76 Å². The number of halogens is 1. The number of ketones is 1. The lowest BCUT2D eigenvalue weighted by atomic mass is 9.94. The number of thiazole rings is 1. The van der Waals surface area contributed by atoms with Crippen LogP contribution in [-0.4, -0.2) is 40.5 Å². The molecular formula is C27H23ClN2O6S. The molecule has 5 rings (SSSR count). The minimum Gasteiger partial charge on any atom is -0.507 e. The van der Waals surface area contributed by atoms with Gasteiger partial charge in [0.1, 0.15) is 22.5 Å². The molecule has 1 saturated heterocycles. The molecule has 1 N–H and O–H groups in total. The van der Waals surface area contributed by atoms with Crippen LogP contribution in [0.2, 0.25) is 5.02 Å². The molecule has 0 unspecified atom stereocenters. The summed E-state index contributed by atoms with van der Waals surface area (Å²) in [6.45, 7) is 5.46. The van der Waals surface area contributed by atoms with Crippen LogP contribution in [0.4, 0.5) is 5.13 Å². The number of carbonyl (C=O) groups excluding carboxylic acids is 3. The molecule has 0 radical (unpaired) electrons. The van der Waals surface area contributed by atoms with E-state index in [4.69, 9.17) is 21.1 Å². The SMILES string of the molecule is CCOC(=O)c1sc(N2C(=O)C(=O)/C(=C(/O)c3ccc4c(c3)C[C@H](C)O4)[C@@H]2c2cccc(Cl)c2)nc1C. The lowest BCUT2D eigenvalue weighted by molar-refractivity contribution is -0.132. The van der Waals surface area contributed by atoms with Crippen molar-refractivity contribution in [3.05, 3.63) is 80.3 Å². The summed E-state index contributed by atoms with van der Waals surface area (Å²) in [6, 6.07) is 10.9. The monoisotopic (exact) mass is 538 g/mol. The molecule has 3 heterocycles. The molecule has 1 aromatic heterocycles. The van der Waals surface area contributed by atoms with Crippen LogP contribution >= 0.6 is 22.9 Å². The third-order valence-electron chi connectivity index (χ3n) is 6.23. The zero-order valence-electron chi connectivity index (χ0n) is 20.3. The Morgan fingerprint density at radius 1 is 1.27 bits per heavy atom. The van der Waals surface area contributed by atoms with E-state index in [2.05, 4.69) is 4.98 Å². The summed E-state index contributed by atoms with van der Waals surface area (Å²) in [5, 5.41) is 11.9. The number of aryl methyl sites for hydroxylation is 1. The summed E-state index contributed by atoms with van der Waals surface area (Å²) in [5.41, 5.74) is 2.09. The van der Waals surface area contributed by atoms with Crippen molar-refractivity contribution in [3.8, 4) is 5.75 Å². The molecule has 0 spiro atoms. The van der Waals surface area contributed by atoms with Crippen molar-refractivity contribution in [2.75, 3.05) is 11.5 Å². The number of hydrogen-bond acceptors (Lipinski definition) is 8. The molecule has 2 aliphatic rings. The fourth-order valence-corrected chi connectivity index (χ4v) is 5.80. The number of esters is 1. The van der Waals surface area contributed by atoms with Gasteiger partial charge in [-0.3, -0.25) is 14.5 Å². The van der Waals surface area contributed by atoms with Gasteiger partial charge in [-0.25, -0.2) is 9.78 Å². The standard InChI is InChI=1S/C27H23ClN2O6S/c1-4-35-26(34)24-14(3)29-27(37-24)30-21(15-6-5-7-18(28)12-15)20(23(32)25(30)33)22(31)16-8-9-19-17(11-16)10-13(2)36-19/h5-9,11-13,21,31H,4,10H2,1-3H3/b22-20+/t13-,21-/m0/s1. The molecule has 37 heavy (non-hydrogen) atoms. The first-order valence-corrected chi connectivity index (χ1v) is 12.9. The smallest absolute Gasteiger partial charge is 0.350 e. The van der Waals surface area contributed by atoms with Crippen molar-refractivity contribution in [2.24, 2.45) is 0 Å². The number of aliphatic hydroxyl groups is 1. The van der Waals surface area contributed by atoms with Crippen LogP contribution < -0.4 is 9.64 Å². The van der Waals surface area contributed by atoms with Crippen LogP contribution in [0.3, 0.4) is 0 Å². The molecule has 2 atom stereocenters. The Morgan fingerprint density at radius 3 is 2.78 bits per heavy atom. The maximum Gasteiger partial charge on any atom is 0.350 e. The van der Waals surface area contributed by atoms with Crippen LogP contribution in [0, 0.1) is 6.92 Å². The van der Waals surface area contributed by atoms with Gasteiger partial charge in [0.2, 0.25) is 0 Å². The second-order valence-electron chi connectivity index (χ2n) is 8.81. The van der Waals surface area contributed by atoms with E-state index in [1.807, 2.05) is 6.92 Å². The molecule has 1 fully saturated rings. The van der Waals surface area contributed by atoms with Gasteiger partial charge < -0.3 is 14.6 Å². The second kappa shape index (κ2) is 9.64. The average Bonchev–Trinajstić information content (AvgIpc) is 3.51. The van der Waals surface area contributed by atoms with Crippen molar-refractivity contribution in [1.29, 1.82) is 0 Å². The number of rotatable bonds is 5. The number of ether oxygens (including phenoxy) is 2. The topological polar surface area (TPSA) is 106 Å². The Labute approximate surface area is 222 Å². The van der Waals surface area contributed by atoms with E-state index in [1.165, 1.54) is 4.90 Å². The lowest BCUT2D eigenvalue weighted by Crippen LogP contribution is -2.29. The third kappa shape index (κ3) is 4.38. The van der Waals surface area contributed by atoms with Gasteiger partial charge in [-0.1, -0.05) is 35.1 Å². The highest BCUT2D eigenvalue weighted by Crippen LogP contribution is 2.44. The van der Waals surface area contributed by atoms with Crippen LogP contribution in [-0.2, 0) is 20.7 Å². The Bertz CT molecular complexity index is 1480. The molecule has 10 heteroatoms. The van der Waals surface area contributed by atoms with Crippen molar-refractivity contribution >= 4 is 51.5 Å². The largest absolute Gasteiger partial charge is 0.507 e. The minimum absolute atomic E-state index is 0.00572. The maximum absolute atomic E-state index is 13.4. The van der Waals surface area contributed by atoms with Gasteiger partial charge in [0.25, 0.3) is 5.78 Å². The van der Waals surface area contributed by atoms with Crippen molar-refractivity contribution < 1.29 is 29.0 Å². The number of nitrogens with zero attached hydrogens (tertiary/aromatic N) is 2. The van der Waals surface area contributed by atoms with E-state index in [1.54, 1.807) is 56.3 Å². The summed E-state index contributed by atoms with van der Waals surface area (Å²) >= 11 is 7.22. The van der Waals surface area contributed by atoms with E-state index >= 15 is 0 Å². The van der Waals surface area contributed by atoms with E-state index in [9.17, 15) is 19.5 Å². The van der Waals surface area contributed by atoms with E-state index in [0.29, 0.717) is 28.3 Å². The Kier molecular flexibility index (Phi) is 6.51. The lowest BCUT2D eigenvalue weighted by Gasteiger charge is -2.23. The van der Waals surface area contributed by atoms with Crippen molar-refractivity contribution in [1.82, 2.24) is 4.98 Å². The summed E-state index contributed by atoms with van der Waals surface area (Å²) in [7, 11) is 0. The third-order valence-corrected chi connectivity index (χ3v) is 7.60. The van der Waals surface area contributed by atoms with Crippen LogP contribution in [0.5, 0.6) is 5.75 Å². The first-order chi connectivity index (χ1) is 17.7. The Balaban J connectivity index is 1.67. The predicted octanol–water partition coefficient (Wildman–Crippen LogP) is 5.23. The molecule has 2 aromatic carbocycles. The van der Waals surface area contributed by atoms with E-state index in [0.717, 1.165) is 22.6 Å². The number of fused-ring (bicyclic) bond motifs is 1. The first-order valence-electron chi connectivity index (χ1n) is 11.7. The fraction of sp³-hybridized carbons (Fsp3) is 0.259. The number of benzene rings is 2. The number of amides is 1. The molecule has 8 nitrogen and oxygen atoms in total. The van der Waals surface area contributed by atoms with Crippen LogP contribution in [0.1, 0.15) is 51.9 Å². The number of hydrogen-bond donors (Lipinski definition) is 1. The van der Waals surface area contributed by atoms with Gasteiger partial charge in [0.05, 0.1) is 23.9 Å². The zero-order chi connectivity index (χ0) is 26.4. The summed E-state index contributed by atoms with van der Waals surface area (Å²) in [5.74, 6) is -1.88. The maximum atomic E-state index is 13.4. The molecule has 190 valence electrons. The molecular weight excluding hydrogens is 516 g/mol. The number of aromatic nitrogens is 1. The van der Waals surface area contributed by atoms with E-state index in [-0.39, 0.29) is 34.1 Å². The highest BCUT2D eigenvalue weighted by Gasteiger charge is 2.48. The minimum atomic E-state index is -1.01. The number of Topliss-reactive ketones (excluding diaryl/α,β-unsaturated/α-hetero) is 1. The Morgan fingerprint density at radius 2 is 2.05 bits per heavy atom. The van der Waals surface area contributed by atoms with Gasteiger partial charge in [0.15, 0.2) is 5.13 Å². The predicted molar refractivity (Wildman–Crippen MR) is 139 cm³/mol. The molecule has 2 aliphatic heterocycles. The quantitative estimate of drug-likeness (QED) is 0.205. The molecule has 3 aromatic rings. The summed E-state index contributed by atoms with van der Waals surface area (Å²) in [4.78, 5) is 45.1. The fourth-order valence-electron chi connectivity index (χ4n) is 4.62. The van der Waals surface area contributed by atoms with Crippen molar-refractivity contribution in [2.45, 2.75) is 39.3 Å². The highest BCUT2D eigenvalue weighted by atomic mass is 35.5.